The van der Waals surface area contributed by atoms with Crippen molar-refractivity contribution in [3.8, 4) is 0 Å². The van der Waals surface area contributed by atoms with E-state index in [1.807, 2.05) is 0 Å². The number of carbonyl (C=O) groups excluding carboxylic acids is 2. The molecule has 0 unspecified atom stereocenters. The van der Waals surface area contributed by atoms with Crippen molar-refractivity contribution in [2.24, 2.45) is 0 Å². The van der Waals surface area contributed by atoms with Crippen molar-refractivity contribution in [1.29, 1.82) is 0 Å². The summed E-state index contributed by atoms with van der Waals surface area (Å²) in [6, 6.07) is 12.3. The van der Waals surface area contributed by atoms with Gasteiger partial charge < -0.3 is 15.2 Å². The second kappa shape index (κ2) is 7.45. The number of likely N-dealkylation sites (N-methyl/N-ethyl adjacent to an activating group) is 1. The van der Waals surface area contributed by atoms with Crippen molar-refractivity contribution < 1.29 is 23.1 Å². The molecule has 0 heterocycles. The second-order valence-electron chi connectivity index (χ2n) is 5.37. The van der Waals surface area contributed by atoms with Crippen LogP contribution >= 0.6 is 0 Å². The number of amides is 1. The van der Waals surface area contributed by atoms with E-state index in [0.29, 0.717) is 0 Å². The van der Waals surface area contributed by atoms with Crippen molar-refractivity contribution in [3.63, 3.8) is 0 Å². The number of carbonyl (C=O) groups is 2. The van der Waals surface area contributed by atoms with E-state index in [0.717, 1.165) is 4.31 Å². The number of carboxylic acid groups (broad SMARTS) is 1. The van der Waals surface area contributed by atoms with E-state index in [4.69, 9.17) is 0 Å². The average molecular weight is 361 g/mol. The molecule has 1 amide bonds. The SMILES string of the molecule is C[C@@H](C(=O)Nc1cccc(C(=O)[O-])c1)N(C)S(=O)(=O)c1ccccc1. The highest BCUT2D eigenvalue weighted by Crippen LogP contribution is 2.17. The lowest BCUT2D eigenvalue weighted by molar-refractivity contribution is -0.255. The van der Waals surface area contributed by atoms with Crippen LogP contribution in [0.3, 0.4) is 0 Å². The Morgan fingerprint density at radius 3 is 2.32 bits per heavy atom. The lowest BCUT2D eigenvalue weighted by Gasteiger charge is -2.23. The van der Waals surface area contributed by atoms with Gasteiger partial charge in [-0.15, -0.1) is 0 Å². The summed E-state index contributed by atoms with van der Waals surface area (Å²) in [6.07, 6.45) is 0. The van der Waals surface area contributed by atoms with Crippen molar-refractivity contribution in [3.05, 3.63) is 60.2 Å². The van der Waals surface area contributed by atoms with Crippen LogP contribution in [0.1, 0.15) is 17.3 Å². The van der Waals surface area contributed by atoms with Crippen molar-refractivity contribution in [1.82, 2.24) is 4.31 Å². The monoisotopic (exact) mass is 361 g/mol. The third-order valence-corrected chi connectivity index (χ3v) is 5.65. The zero-order chi connectivity index (χ0) is 18.6. The number of sulfonamides is 1. The number of nitrogens with zero attached hydrogens (tertiary/aromatic N) is 1. The quantitative estimate of drug-likeness (QED) is 0.815. The number of hydrogen-bond donors (Lipinski definition) is 1. The highest BCUT2D eigenvalue weighted by molar-refractivity contribution is 7.89. The first kappa shape index (κ1) is 18.6. The Hall–Kier alpha value is -2.71. The number of aromatic carboxylic acids is 1. The van der Waals surface area contributed by atoms with Gasteiger partial charge in [-0.1, -0.05) is 30.3 Å². The van der Waals surface area contributed by atoms with Crippen LogP contribution < -0.4 is 10.4 Å². The normalized spacial score (nSPS) is 12.6. The summed E-state index contributed by atoms with van der Waals surface area (Å²) < 4.78 is 26.0. The number of benzene rings is 2. The first-order valence-electron chi connectivity index (χ1n) is 7.39. The van der Waals surface area contributed by atoms with E-state index in [1.54, 1.807) is 18.2 Å². The molecule has 1 atom stereocenters. The van der Waals surface area contributed by atoms with E-state index in [-0.39, 0.29) is 16.1 Å². The van der Waals surface area contributed by atoms with Crippen molar-refractivity contribution >= 4 is 27.6 Å². The van der Waals surface area contributed by atoms with Gasteiger partial charge in [0.1, 0.15) is 6.04 Å². The number of nitrogens with one attached hydrogen (secondary N) is 1. The summed E-state index contributed by atoms with van der Waals surface area (Å²) in [6.45, 7) is 1.44. The topological polar surface area (TPSA) is 107 Å². The zero-order valence-electron chi connectivity index (χ0n) is 13.7. The standard InChI is InChI=1S/C17H18N2O5S/c1-12(19(2)25(23,24)15-9-4-3-5-10-15)16(20)18-14-8-6-7-13(11-14)17(21)22/h3-12H,1-2H3,(H,18,20)(H,21,22)/p-1/t12-/m0/s1. The van der Waals surface area contributed by atoms with Crippen LogP contribution in [0, 0.1) is 0 Å². The van der Waals surface area contributed by atoms with Gasteiger partial charge >= 0.3 is 0 Å². The molecule has 132 valence electrons. The van der Waals surface area contributed by atoms with Gasteiger partial charge in [-0.25, -0.2) is 8.42 Å². The summed E-state index contributed by atoms with van der Waals surface area (Å²) >= 11 is 0. The summed E-state index contributed by atoms with van der Waals surface area (Å²) in [5.41, 5.74) is 0.153. The number of carboxylic acids is 1. The molecular weight excluding hydrogens is 344 g/mol. The molecule has 0 saturated heterocycles. The molecular formula is C17H17N2O5S-. The minimum absolute atomic E-state index is 0.0797. The van der Waals surface area contributed by atoms with Crippen molar-refractivity contribution in [2.75, 3.05) is 12.4 Å². The Bertz CT molecular complexity index is 881. The van der Waals surface area contributed by atoms with Crippen LogP contribution in [-0.4, -0.2) is 37.7 Å². The number of anilines is 1. The maximum absolute atomic E-state index is 12.5. The lowest BCUT2D eigenvalue weighted by Crippen LogP contribution is -2.43. The predicted molar refractivity (Wildman–Crippen MR) is 90.3 cm³/mol. The summed E-state index contributed by atoms with van der Waals surface area (Å²) in [5, 5.41) is 13.4. The predicted octanol–water partition coefficient (Wildman–Crippen LogP) is 0.698. The first-order valence-corrected chi connectivity index (χ1v) is 8.83. The highest BCUT2D eigenvalue weighted by atomic mass is 32.2. The van der Waals surface area contributed by atoms with Gasteiger partial charge in [-0.3, -0.25) is 4.79 Å². The summed E-state index contributed by atoms with van der Waals surface area (Å²) in [4.78, 5) is 23.3. The Morgan fingerprint density at radius 2 is 1.72 bits per heavy atom. The third-order valence-electron chi connectivity index (χ3n) is 3.71. The molecule has 2 aromatic carbocycles. The van der Waals surface area contributed by atoms with E-state index in [2.05, 4.69) is 5.32 Å². The number of hydrogen-bond acceptors (Lipinski definition) is 5. The smallest absolute Gasteiger partial charge is 0.243 e. The molecule has 0 saturated carbocycles. The molecule has 0 fully saturated rings. The molecule has 0 aliphatic carbocycles. The van der Waals surface area contributed by atoms with Gasteiger partial charge in [0.15, 0.2) is 0 Å². The van der Waals surface area contributed by atoms with Crippen LogP contribution in [0.5, 0.6) is 0 Å². The van der Waals surface area contributed by atoms with Gasteiger partial charge in [0.25, 0.3) is 0 Å². The van der Waals surface area contributed by atoms with E-state index in [9.17, 15) is 23.1 Å². The molecule has 0 radical (unpaired) electrons. The second-order valence-corrected chi connectivity index (χ2v) is 7.37. The molecule has 0 aliphatic heterocycles. The van der Waals surface area contributed by atoms with Crippen LogP contribution in [0.2, 0.25) is 0 Å². The first-order chi connectivity index (χ1) is 11.7. The Balaban J connectivity index is 2.17. The van der Waals surface area contributed by atoms with Crippen LogP contribution in [-0.2, 0) is 14.8 Å². The fraction of sp³-hybridized carbons (Fsp3) is 0.176. The zero-order valence-corrected chi connectivity index (χ0v) is 14.5. The fourth-order valence-electron chi connectivity index (χ4n) is 2.10. The van der Waals surface area contributed by atoms with E-state index in [1.165, 1.54) is 50.4 Å². The Morgan fingerprint density at radius 1 is 1.08 bits per heavy atom. The maximum Gasteiger partial charge on any atom is 0.243 e. The molecule has 2 aromatic rings. The maximum atomic E-state index is 12.5. The number of rotatable bonds is 6. The van der Waals surface area contributed by atoms with Gasteiger partial charge in [-0.2, -0.15) is 4.31 Å². The van der Waals surface area contributed by atoms with E-state index < -0.39 is 27.9 Å². The minimum Gasteiger partial charge on any atom is -0.545 e. The molecule has 1 N–H and O–H groups in total. The molecule has 2 rings (SSSR count). The van der Waals surface area contributed by atoms with Crippen molar-refractivity contribution in [2.45, 2.75) is 17.9 Å². The lowest BCUT2D eigenvalue weighted by atomic mass is 10.2. The summed E-state index contributed by atoms with van der Waals surface area (Å²) in [5.74, 6) is -1.95. The Labute approximate surface area is 146 Å². The molecule has 0 bridgehead atoms. The van der Waals surface area contributed by atoms with Gasteiger partial charge in [0.05, 0.1) is 10.9 Å². The molecule has 0 aliphatic rings. The fourth-order valence-corrected chi connectivity index (χ4v) is 3.45. The molecule has 8 heteroatoms. The van der Waals surface area contributed by atoms with Gasteiger partial charge in [0.2, 0.25) is 15.9 Å². The molecule has 25 heavy (non-hydrogen) atoms. The average Bonchev–Trinajstić information content (AvgIpc) is 2.61. The van der Waals surface area contributed by atoms with Crippen LogP contribution in [0.15, 0.2) is 59.5 Å². The summed E-state index contributed by atoms with van der Waals surface area (Å²) in [7, 11) is -2.52. The van der Waals surface area contributed by atoms with E-state index >= 15 is 0 Å². The minimum atomic E-state index is -3.83. The Kier molecular flexibility index (Phi) is 5.55. The van der Waals surface area contributed by atoms with Gasteiger partial charge in [-0.05, 0) is 36.8 Å². The highest BCUT2D eigenvalue weighted by Gasteiger charge is 2.29. The van der Waals surface area contributed by atoms with Crippen LogP contribution in [0.25, 0.3) is 0 Å². The van der Waals surface area contributed by atoms with Gasteiger partial charge in [0, 0.05) is 12.7 Å². The molecule has 0 spiro atoms. The largest absolute Gasteiger partial charge is 0.545 e. The molecule has 7 nitrogen and oxygen atoms in total. The van der Waals surface area contributed by atoms with Crippen LogP contribution in [0.4, 0.5) is 5.69 Å². The molecule has 0 aromatic heterocycles. The third kappa shape index (κ3) is 4.23.